The summed E-state index contributed by atoms with van der Waals surface area (Å²) in [6, 6.07) is 0. The predicted molar refractivity (Wildman–Crippen MR) is 70.6 cm³/mol. The molecule has 26 heteroatoms. The number of carbonyl (C=O) groups is 6. The Labute approximate surface area is 221 Å². The van der Waals surface area contributed by atoms with Crippen LogP contribution in [0.25, 0.3) is 0 Å². The van der Waals surface area contributed by atoms with Crippen LogP contribution in [0.3, 0.4) is 0 Å². The average Bonchev–Trinajstić information content (AvgIpc) is 2.59. The molecule has 0 aromatic rings. The fraction of sp³-hybridized carbons (Fsp3) is 0.538. The van der Waals surface area contributed by atoms with Crippen molar-refractivity contribution in [1.29, 1.82) is 0 Å². The molecule has 0 saturated heterocycles. The van der Waals surface area contributed by atoms with Crippen LogP contribution in [0.2, 0.25) is 0 Å². The maximum absolute atomic E-state index is 11.3. The Balaban J connectivity index is -0.0000000875. The maximum atomic E-state index is 11.3. The first-order valence-electron chi connectivity index (χ1n) is 7.33. The molecule has 0 heterocycles. The number of alkyl halides is 15. The Kier molecular flexibility index (Phi) is 24.1. The van der Waals surface area contributed by atoms with Crippen molar-refractivity contribution in [1.82, 2.24) is 0 Å². The van der Waals surface area contributed by atoms with E-state index in [9.17, 15) is 75.4 Å². The second kappa shape index (κ2) is 19.2. The zero-order valence-corrected chi connectivity index (χ0v) is 19.9. The standard InChI is InChI=1S/C5H5F3O2.4C2HF3O2.Zr/c1-3(9)2-4(10)5(6,7)8;4*3-2(4,5)1(6)7;/h2H2,1H3;4*(H,6,7);/q;;;;;+4/p-4. The topological polar surface area (TPSA) is 195 Å². The summed E-state index contributed by atoms with van der Waals surface area (Å²) in [4.78, 5) is 55.0. The molecule has 0 aromatic carbocycles. The molecule has 226 valence electrons. The zero-order valence-electron chi connectivity index (χ0n) is 17.5. The summed E-state index contributed by atoms with van der Waals surface area (Å²) in [5.74, 6) is -14.8. The van der Waals surface area contributed by atoms with Crippen LogP contribution in [-0.2, 0) is 55.0 Å². The minimum absolute atomic E-state index is 0. The van der Waals surface area contributed by atoms with Gasteiger partial charge in [0, 0.05) is 0 Å². The molecule has 0 bridgehead atoms. The van der Waals surface area contributed by atoms with Crippen molar-refractivity contribution in [2.24, 2.45) is 0 Å². The van der Waals surface area contributed by atoms with E-state index in [1.807, 2.05) is 0 Å². The van der Waals surface area contributed by atoms with Crippen LogP contribution in [0.4, 0.5) is 65.9 Å². The molecule has 0 N–H and O–H groups in total. The van der Waals surface area contributed by atoms with Gasteiger partial charge in [-0.3, -0.25) is 9.59 Å². The molecule has 0 aromatic heterocycles. The van der Waals surface area contributed by atoms with Crippen molar-refractivity contribution in [2.45, 2.75) is 44.2 Å². The van der Waals surface area contributed by atoms with Gasteiger partial charge in [0.25, 0.3) is 0 Å². The third kappa shape index (κ3) is 39.7. The minimum Gasteiger partial charge on any atom is -0.542 e. The number of carbonyl (C=O) groups excluding carboxylic acids is 6. The summed E-state index contributed by atoms with van der Waals surface area (Å²) < 4.78 is 160. The first-order chi connectivity index (χ1) is 16.1. The van der Waals surface area contributed by atoms with Crippen LogP contribution < -0.4 is 20.4 Å². The molecule has 0 aliphatic carbocycles. The molecule has 0 atom stereocenters. The molecule has 0 aliphatic rings. The third-order valence-electron chi connectivity index (χ3n) is 1.65. The molecule has 10 nitrogen and oxygen atoms in total. The Bertz CT molecular complexity index is 712. The van der Waals surface area contributed by atoms with E-state index in [1.165, 1.54) is 0 Å². The SMILES string of the molecule is CC(=O)CC(=O)C(F)(F)F.O=C([O-])C(F)(F)F.O=C([O-])C(F)(F)F.O=C([O-])C(F)(F)F.O=C([O-])C(F)(F)F.[Zr+4]. The van der Waals surface area contributed by atoms with Gasteiger partial charge in [-0.15, -0.1) is 0 Å². The van der Waals surface area contributed by atoms with Gasteiger partial charge >= 0.3 is 57.1 Å². The maximum Gasteiger partial charge on any atom is 4.00 e. The second-order valence-electron chi connectivity index (χ2n) is 4.94. The van der Waals surface area contributed by atoms with Crippen molar-refractivity contribution >= 4 is 35.4 Å². The van der Waals surface area contributed by atoms with Gasteiger partial charge in [0.2, 0.25) is 5.78 Å². The van der Waals surface area contributed by atoms with Crippen LogP contribution in [0, 0.1) is 0 Å². The number of hydrogen-bond acceptors (Lipinski definition) is 10. The van der Waals surface area contributed by atoms with Crippen LogP contribution in [0.1, 0.15) is 13.3 Å². The van der Waals surface area contributed by atoms with Gasteiger partial charge in [-0.2, -0.15) is 65.9 Å². The van der Waals surface area contributed by atoms with Crippen molar-refractivity contribution in [2.75, 3.05) is 0 Å². The van der Waals surface area contributed by atoms with Crippen LogP contribution in [-0.4, -0.2) is 66.3 Å². The van der Waals surface area contributed by atoms with E-state index in [-0.39, 0.29) is 26.2 Å². The number of carboxylic acid groups (broad SMARTS) is 4. The van der Waals surface area contributed by atoms with E-state index in [2.05, 4.69) is 0 Å². The van der Waals surface area contributed by atoms with E-state index in [4.69, 9.17) is 39.6 Å². The van der Waals surface area contributed by atoms with E-state index in [1.54, 1.807) is 0 Å². The molecule has 0 aliphatic heterocycles. The third-order valence-corrected chi connectivity index (χ3v) is 1.65. The normalized spacial score (nSPS) is 11.0. The molecule has 0 saturated carbocycles. The molecule has 0 rings (SSSR count). The fourth-order valence-corrected chi connectivity index (χ4v) is 0.326. The first kappa shape index (κ1) is 49.0. The minimum atomic E-state index is -5.19. The first-order valence-corrected chi connectivity index (χ1v) is 7.33. The number of ketones is 2. The van der Waals surface area contributed by atoms with Crippen LogP contribution in [0.15, 0.2) is 0 Å². The largest absolute Gasteiger partial charge is 4.00 e. The van der Waals surface area contributed by atoms with E-state index >= 15 is 0 Å². The van der Waals surface area contributed by atoms with Gasteiger partial charge in [0.15, 0.2) is 0 Å². The quantitative estimate of drug-likeness (QED) is 0.237. The van der Waals surface area contributed by atoms with Crippen molar-refractivity contribution in [3.05, 3.63) is 0 Å². The van der Waals surface area contributed by atoms with Gasteiger partial charge in [-0.25, -0.2) is 0 Å². The molecule has 0 unspecified atom stereocenters. The smallest absolute Gasteiger partial charge is 0.542 e. The molecular weight excluding hydrogens is 692 g/mol. The van der Waals surface area contributed by atoms with Gasteiger partial charge in [0.1, 0.15) is 29.7 Å². The average molecular weight is 697 g/mol. The van der Waals surface area contributed by atoms with Gasteiger partial charge in [-0.1, -0.05) is 0 Å². The number of halogens is 15. The van der Waals surface area contributed by atoms with Crippen molar-refractivity contribution in [3.63, 3.8) is 0 Å². The van der Waals surface area contributed by atoms with Gasteiger partial charge in [-0.05, 0) is 6.92 Å². The number of rotatable bonds is 2. The number of aliphatic carboxylic acids is 4. The van der Waals surface area contributed by atoms with Crippen LogP contribution >= 0.6 is 0 Å². The number of carboxylic acids is 4. The van der Waals surface area contributed by atoms with Gasteiger partial charge < -0.3 is 39.6 Å². The summed E-state index contributed by atoms with van der Waals surface area (Å²) in [5.41, 5.74) is 0. The van der Waals surface area contributed by atoms with E-state index in [0.29, 0.717) is 0 Å². The summed E-state index contributed by atoms with van der Waals surface area (Å²) in [5, 5.41) is 35.1. The Morgan fingerprint density at radius 1 is 0.436 bits per heavy atom. The zero-order chi connectivity index (χ0) is 32.7. The summed E-state index contributed by atoms with van der Waals surface area (Å²) in [6.07, 6.45) is -26.7. The summed E-state index contributed by atoms with van der Waals surface area (Å²) in [6.45, 7) is 0.934. The van der Waals surface area contributed by atoms with E-state index in [0.717, 1.165) is 6.92 Å². The Hall–Kier alpha value is -2.95. The van der Waals surface area contributed by atoms with E-state index < -0.39 is 72.7 Å². The number of Topliss-reactive ketones (excluding diaryl/α,β-unsaturated/α-hetero) is 2. The monoisotopic (exact) mass is 696 g/mol. The van der Waals surface area contributed by atoms with Crippen LogP contribution in [0.5, 0.6) is 0 Å². The molecule has 0 radical (unpaired) electrons. The molecule has 0 amide bonds. The van der Waals surface area contributed by atoms with Gasteiger partial charge in [0.05, 0.1) is 6.42 Å². The fourth-order valence-electron chi connectivity index (χ4n) is 0.326. The molecule has 0 fully saturated rings. The molecular formula is C13H5F15O10Zr. The van der Waals surface area contributed by atoms with Crippen molar-refractivity contribution in [3.8, 4) is 0 Å². The van der Waals surface area contributed by atoms with Crippen molar-refractivity contribution < 1.29 is 141 Å². The predicted octanol–water partition coefficient (Wildman–Crippen LogP) is -1.71. The molecule has 39 heavy (non-hydrogen) atoms. The summed E-state index contributed by atoms with van der Waals surface area (Å²) >= 11 is 0. The Morgan fingerprint density at radius 2 is 0.564 bits per heavy atom. The number of hydrogen-bond donors (Lipinski definition) is 0. The summed E-state index contributed by atoms with van der Waals surface area (Å²) in [7, 11) is 0. The second-order valence-corrected chi connectivity index (χ2v) is 4.94. The molecule has 0 spiro atoms. The Morgan fingerprint density at radius 3 is 0.590 bits per heavy atom.